The molecule has 1 amide bonds. The van der Waals surface area contributed by atoms with E-state index in [0.717, 1.165) is 49.7 Å². The smallest absolute Gasteiger partial charge is 0.259 e. The van der Waals surface area contributed by atoms with Crippen LogP contribution in [0.1, 0.15) is 73.1 Å². The van der Waals surface area contributed by atoms with Crippen molar-refractivity contribution in [2.24, 2.45) is 0 Å². The van der Waals surface area contributed by atoms with Gasteiger partial charge in [-0.3, -0.25) is 9.59 Å². The van der Waals surface area contributed by atoms with E-state index in [1.54, 1.807) is 24.3 Å². The summed E-state index contributed by atoms with van der Waals surface area (Å²) < 4.78 is 6.17. The molecule has 178 valence electrons. The van der Waals surface area contributed by atoms with Gasteiger partial charge in [-0.15, -0.1) is 0 Å². The predicted octanol–water partition coefficient (Wildman–Crippen LogP) is 7.25. The zero-order valence-corrected chi connectivity index (χ0v) is 19.9. The number of phenolic OH excluding ortho intramolecular Hbond substituents is 1. The molecule has 0 spiro atoms. The summed E-state index contributed by atoms with van der Waals surface area (Å²) in [4.78, 5) is 24.7. The number of phenols is 1. The molecule has 3 rings (SSSR count). The number of anilines is 1. The summed E-state index contributed by atoms with van der Waals surface area (Å²) in [5.74, 6) is -0.101. The first-order chi connectivity index (χ1) is 16.5. The molecule has 0 aliphatic rings. The van der Waals surface area contributed by atoms with Crippen LogP contribution in [0.3, 0.4) is 0 Å². The van der Waals surface area contributed by atoms with Crippen LogP contribution in [0.4, 0.5) is 5.69 Å². The Balaban J connectivity index is 1.81. The van der Waals surface area contributed by atoms with Gasteiger partial charge >= 0.3 is 0 Å². The molecule has 3 aromatic carbocycles. The van der Waals surface area contributed by atoms with Crippen LogP contribution in [0, 0.1) is 0 Å². The summed E-state index contributed by atoms with van der Waals surface area (Å²) in [5, 5.41) is 13.2. The number of carbonyl (C=O) groups excluding carboxylic acids is 2. The van der Waals surface area contributed by atoms with E-state index in [1.165, 1.54) is 6.07 Å². The van der Waals surface area contributed by atoms with Crippen molar-refractivity contribution in [2.45, 2.75) is 58.5 Å². The number of nitrogens with one attached hydrogen (secondary N) is 1. The van der Waals surface area contributed by atoms with Crippen molar-refractivity contribution in [3.8, 4) is 22.6 Å². The normalized spacial score (nSPS) is 11.6. The Morgan fingerprint density at radius 2 is 1.74 bits per heavy atom. The van der Waals surface area contributed by atoms with E-state index in [1.807, 2.05) is 36.4 Å². The van der Waals surface area contributed by atoms with Crippen molar-refractivity contribution in [1.82, 2.24) is 0 Å². The van der Waals surface area contributed by atoms with Crippen LogP contribution in [-0.4, -0.2) is 23.4 Å². The van der Waals surface area contributed by atoms with Crippen LogP contribution >= 0.6 is 0 Å². The van der Waals surface area contributed by atoms with Crippen molar-refractivity contribution < 1.29 is 19.4 Å². The van der Waals surface area contributed by atoms with Gasteiger partial charge in [-0.05, 0) is 60.7 Å². The highest BCUT2D eigenvalue weighted by molar-refractivity contribution is 6.08. The van der Waals surface area contributed by atoms with Gasteiger partial charge in [0.2, 0.25) is 0 Å². The fourth-order valence-corrected chi connectivity index (χ4v) is 3.94. The lowest BCUT2D eigenvalue weighted by Gasteiger charge is -2.19. The lowest BCUT2D eigenvalue weighted by molar-refractivity contribution is 0.102. The fraction of sp³-hybridized carbons (Fsp3) is 0.310. The van der Waals surface area contributed by atoms with Crippen molar-refractivity contribution in [1.29, 1.82) is 0 Å². The van der Waals surface area contributed by atoms with Crippen LogP contribution in [0.25, 0.3) is 11.1 Å². The van der Waals surface area contributed by atoms with Crippen LogP contribution < -0.4 is 10.1 Å². The van der Waals surface area contributed by atoms with Crippen molar-refractivity contribution in [3.63, 3.8) is 0 Å². The number of hydrogen-bond donors (Lipinski definition) is 2. The Labute approximate surface area is 201 Å². The van der Waals surface area contributed by atoms with Crippen molar-refractivity contribution in [3.05, 3.63) is 77.9 Å². The SMILES string of the molecule is CCCCCC(CCC)Oc1ccc(O)c(C(=O)Nc2cc(-c3ccccc3)ccc2C=O)c1. The van der Waals surface area contributed by atoms with E-state index in [9.17, 15) is 14.7 Å². The summed E-state index contributed by atoms with van der Waals surface area (Å²) in [6.07, 6.45) is 7.08. The molecule has 1 atom stereocenters. The quantitative estimate of drug-likeness (QED) is 0.221. The van der Waals surface area contributed by atoms with Gasteiger partial charge in [-0.25, -0.2) is 0 Å². The Morgan fingerprint density at radius 1 is 0.941 bits per heavy atom. The molecule has 0 aromatic heterocycles. The number of hydrogen-bond acceptors (Lipinski definition) is 4. The molecule has 0 aliphatic carbocycles. The van der Waals surface area contributed by atoms with Gasteiger partial charge in [-0.2, -0.15) is 0 Å². The highest BCUT2D eigenvalue weighted by atomic mass is 16.5. The number of aldehydes is 1. The Hall–Kier alpha value is -3.60. The van der Waals surface area contributed by atoms with Crippen LogP contribution in [-0.2, 0) is 0 Å². The number of aromatic hydroxyl groups is 1. The van der Waals surface area contributed by atoms with Gasteiger partial charge in [0.15, 0.2) is 6.29 Å². The number of carbonyl (C=O) groups is 2. The number of rotatable bonds is 12. The molecule has 0 saturated carbocycles. The maximum atomic E-state index is 13.1. The molecule has 0 aliphatic heterocycles. The summed E-state index contributed by atoms with van der Waals surface area (Å²) >= 11 is 0. The lowest BCUT2D eigenvalue weighted by Crippen LogP contribution is -2.17. The number of unbranched alkanes of at least 4 members (excludes halogenated alkanes) is 2. The number of ether oxygens (including phenoxy) is 1. The third kappa shape index (κ3) is 6.70. The van der Waals surface area contributed by atoms with Crippen LogP contribution in [0.2, 0.25) is 0 Å². The summed E-state index contributed by atoms with van der Waals surface area (Å²) in [6.45, 7) is 4.30. The lowest BCUT2D eigenvalue weighted by atomic mass is 10.0. The standard InChI is InChI=1S/C29H33NO4/c1-3-5-7-13-24(10-4-2)34-25-16-17-28(32)26(19-25)29(33)30-27-18-22(14-15-23(27)20-31)21-11-8-6-9-12-21/h6,8-9,11-12,14-20,24,32H,3-5,7,10,13H2,1-2H3,(H,30,33). The van der Waals surface area contributed by atoms with Gasteiger partial charge < -0.3 is 15.2 Å². The van der Waals surface area contributed by atoms with E-state index in [-0.39, 0.29) is 17.4 Å². The maximum Gasteiger partial charge on any atom is 0.259 e. The van der Waals surface area contributed by atoms with Gasteiger partial charge in [0.05, 0.1) is 17.4 Å². The minimum Gasteiger partial charge on any atom is -0.507 e. The molecule has 3 aromatic rings. The first-order valence-electron chi connectivity index (χ1n) is 12.0. The number of amides is 1. The third-order valence-electron chi connectivity index (χ3n) is 5.79. The largest absolute Gasteiger partial charge is 0.507 e. The van der Waals surface area contributed by atoms with Crippen molar-refractivity contribution >= 4 is 17.9 Å². The maximum absolute atomic E-state index is 13.1. The second-order valence-corrected chi connectivity index (χ2v) is 8.44. The van der Waals surface area contributed by atoms with E-state index in [2.05, 4.69) is 19.2 Å². The molecule has 5 heteroatoms. The van der Waals surface area contributed by atoms with Crippen LogP contribution in [0.5, 0.6) is 11.5 Å². The molecule has 0 radical (unpaired) electrons. The molecule has 1 unspecified atom stereocenters. The summed E-state index contributed by atoms with van der Waals surface area (Å²) in [5.41, 5.74) is 2.69. The van der Waals surface area contributed by atoms with Gasteiger partial charge in [0.25, 0.3) is 5.91 Å². The second-order valence-electron chi connectivity index (χ2n) is 8.44. The molecular weight excluding hydrogens is 426 g/mol. The average molecular weight is 460 g/mol. The Bertz CT molecular complexity index is 1090. The topological polar surface area (TPSA) is 75.6 Å². The molecule has 2 N–H and O–H groups in total. The highest BCUT2D eigenvalue weighted by Crippen LogP contribution is 2.29. The fourth-order valence-electron chi connectivity index (χ4n) is 3.94. The Morgan fingerprint density at radius 3 is 2.44 bits per heavy atom. The van der Waals surface area contributed by atoms with Gasteiger partial charge in [-0.1, -0.05) is 69.5 Å². The van der Waals surface area contributed by atoms with E-state index >= 15 is 0 Å². The van der Waals surface area contributed by atoms with E-state index < -0.39 is 5.91 Å². The van der Waals surface area contributed by atoms with Crippen molar-refractivity contribution in [2.75, 3.05) is 5.32 Å². The van der Waals surface area contributed by atoms with Crippen LogP contribution in [0.15, 0.2) is 66.7 Å². The molecule has 5 nitrogen and oxygen atoms in total. The average Bonchev–Trinajstić information content (AvgIpc) is 2.86. The highest BCUT2D eigenvalue weighted by Gasteiger charge is 2.17. The molecule has 0 saturated heterocycles. The summed E-state index contributed by atoms with van der Waals surface area (Å²) in [6, 6.07) is 19.7. The van der Waals surface area contributed by atoms with Gasteiger partial charge in [0.1, 0.15) is 11.5 Å². The molecule has 34 heavy (non-hydrogen) atoms. The second kappa shape index (κ2) is 12.6. The van der Waals surface area contributed by atoms with E-state index in [0.29, 0.717) is 23.3 Å². The monoisotopic (exact) mass is 459 g/mol. The van der Waals surface area contributed by atoms with Gasteiger partial charge in [0, 0.05) is 5.56 Å². The number of benzene rings is 3. The predicted molar refractivity (Wildman–Crippen MR) is 137 cm³/mol. The zero-order valence-electron chi connectivity index (χ0n) is 19.9. The summed E-state index contributed by atoms with van der Waals surface area (Å²) in [7, 11) is 0. The molecule has 0 heterocycles. The zero-order chi connectivity index (χ0) is 24.3. The minimum atomic E-state index is -0.505. The van der Waals surface area contributed by atoms with E-state index in [4.69, 9.17) is 4.74 Å². The molecule has 0 fully saturated rings. The molecular formula is C29H33NO4. The molecule has 0 bridgehead atoms. The first-order valence-corrected chi connectivity index (χ1v) is 12.0. The Kier molecular flexibility index (Phi) is 9.27. The third-order valence-corrected chi connectivity index (χ3v) is 5.79. The minimum absolute atomic E-state index is 0.0706. The first kappa shape index (κ1) is 25.0.